The Hall–Kier alpha value is -2.51. The number of fused-ring (bicyclic) bond motifs is 1. The van der Waals surface area contributed by atoms with Crippen LogP contribution in [0.25, 0.3) is 0 Å². The van der Waals surface area contributed by atoms with Crippen LogP contribution in [0.5, 0.6) is 0 Å². The molecular weight excluding hydrogens is 458 g/mol. The largest absolute Gasteiger partial charge is 0.458 e. The van der Waals surface area contributed by atoms with Gasteiger partial charge in [0, 0.05) is 67.0 Å². The topological polar surface area (TPSA) is 93.1 Å². The molecule has 6 aliphatic carbocycles. The molecule has 3 aliphatic heterocycles. The van der Waals surface area contributed by atoms with Gasteiger partial charge in [-0.25, -0.2) is 4.79 Å². The van der Waals surface area contributed by atoms with Crippen molar-refractivity contribution in [3.63, 3.8) is 0 Å². The number of hydrogen-bond donors (Lipinski definition) is 1. The molecule has 2 spiro atoms. The number of ether oxygens (including phenoxy) is 2. The van der Waals surface area contributed by atoms with Crippen LogP contribution in [0.1, 0.15) is 43.5 Å². The highest BCUT2D eigenvalue weighted by molar-refractivity contribution is 5.89. The van der Waals surface area contributed by atoms with Crippen molar-refractivity contribution in [2.45, 2.75) is 63.5 Å². The Bertz CT molecular complexity index is 1260. The van der Waals surface area contributed by atoms with Crippen molar-refractivity contribution in [3.8, 4) is 0 Å². The second-order valence-electron chi connectivity index (χ2n) is 13.0. The Balaban J connectivity index is 1.33. The number of piperidine rings is 2. The number of nitrogens with zero attached hydrogens (tertiary/aromatic N) is 1. The first-order chi connectivity index (χ1) is 17.1. The molecule has 0 aromatic heterocycles. The Morgan fingerprint density at radius 1 is 1.11 bits per heavy atom. The van der Waals surface area contributed by atoms with Crippen LogP contribution in [0, 0.1) is 39.9 Å². The van der Waals surface area contributed by atoms with Crippen LogP contribution in [-0.2, 0) is 19.1 Å². The predicted octanol–water partition coefficient (Wildman–Crippen LogP) is 2.38. The molecule has 9 bridgehead atoms. The fraction of sp³-hybridized carbons (Fsp3) is 0.621. The third kappa shape index (κ3) is 2.05. The van der Waals surface area contributed by atoms with E-state index in [4.69, 9.17) is 9.47 Å². The lowest BCUT2D eigenvalue weighted by Crippen LogP contribution is -2.73. The SMILES string of the molecule is C=C1[C@@H](OC(C)=O)[C@]23C[C@H]4[C@@H]5[C@@]6(C)CC(=O)C[C@]57C(C2C(O)[C@H]1[C@@H](OC(=O)c1ccccc1)[C@H]37)N4C6. The van der Waals surface area contributed by atoms with E-state index in [-0.39, 0.29) is 40.5 Å². The van der Waals surface area contributed by atoms with E-state index in [2.05, 4.69) is 18.4 Å². The minimum Gasteiger partial charge on any atom is -0.458 e. The maximum atomic E-state index is 13.4. The summed E-state index contributed by atoms with van der Waals surface area (Å²) in [6.07, 6.45) is -0.0866. The molecule has 1 aromatic rings. The van der Waals surface area contributed by atoms with Crippen molar-refractivity contribution in [2.24, 2.45) is 39.9 Å². The van der Waals surface area contributed by atoms with Crippen molar-refractivity contribution in [1.29, 1.82) is 0 Å². The summed E-state index contributed by atoms with van der Waals surface area (Å²) in [4.78, 5) is 41.7. The van der Waals surface area contributed by atoms with Gasteiger partial charge in [-0.05, 0) is 35.5 Å². The molecule has 0 radical (unpaired) electrons. The molecule has 13 atom stereocenters. The summed E-state index contributed by atoms with van der Waals surface area (Å²) < 4.78 is 12.4. The lowest BCUT2D eigenvalue weighted by molar-refractivity contribution is -0.248. The number of rotatable bonds is 3. The van der Waals surface area contributed by atoms with Crippen LogP contribution in [0.15, 0.2) is 42.5 Å². The number of benzene rings is 1. The number of esters is 2. The molecule has 1 N–H and O–H groups in total. The normalized spacial score (nSPS) is 54.2. The maximum Gasteiger partial charge on any atom is 0.338 e. The molecule has 3 heterocycles. The first kappa shape index (κ1) is 21.6. The number of aliphatic hydroxyl groups is 1. The Morgan fingerprint density at radius 2 is 1.86 bits per heavy atom. The molecular formula is C29H31NO6. The van der Waals surface area contributed by atoms with Gasteiger partial charge in [0.25, 0.3) is 0 Å². The number of Topliss-reactive ketones (excluding diaryl/α,β-unsaturated/α-hetero) is 1. The van der Waals surface area contributed by atoms with Crippen LogP contribution in [-0.4, -0.2) is 64.7 Å². The number of aliphatic hydroxyl groups excluding tert-OH is 1. The van der Waals surface area contributed by atoms with Gasteiger partial charge in [-0.15, -0.1) is 0 Å². The third-order valence-electron chi connectivity index (χ3n) is 11.6. The molecule has 36 heavy (non-hydrogen) atoms. The van der Waals surface area contributed by atoms with Crippen LogP contribution in [0.2, 0.25) is 0 Å². The summed E-state index contributed by atoms with van der Waals surface area (Å²) >= 11 is 0. The van der Waals surface area contributed by atoms with E-state index >= 15 is 0 Å². The zero-order chi connectivity index (χ0) is 24.9. The maximum absolute atomic E-state index is 13.4. The zero-order valence-electron chi connectivity index (χ0n) is 20.6. The second kappa shape index (κ2) is 6.30. The van der Waals surface area contributed by atoms with E-state index in [1.165, 1.54) is 6.92 Å². The highest BCUT2D eigenvalue weighted by Gasteiger charge is 2.92. The van der Waals surface area contributed by atoms with Crippen molar-refractivity contribution < 1.29 is 29.0 Å². The molecule has 0 amide bonds. The van der Waals surface area contributed by atoms with E-state index in [1.807, 2.05) is 6.07 Å². The van der Waals surface area contributed by atoms with E-state index < -0.39 is 35.6 Å². The summed E-state index contributed by atoms with van der Waals surface area (Å²) in [5.74, 6) is -1.03. The van der Waals surface area contributed by atoms with Crippen LogP contribution < -0.4 is 0 Å². The van der Waals surface area contributed by atoms with Gasteiger partial charge in [0.2, 0.25) is 0 Å². The number of ketones is 1. The van der Waals surface area contributed by atoms with E-state index in [0.717, 1.165) is 13.0 Å². The predicted molar refractivity (Wildman–Crippen MR) is 126 cm³/mol. The Kier molecular flexibility index (Phi) is 3.78. The molecule has 10 rings (SSSR count). The minimum atomic E-state index is -0.762. The molecule has 188 valence electrons. The van der Waals surface area contributed by atoms with Gasteiger partial charge >= 0.3 is 11.9 Å². The van der Waals surface area contributed by atoms with Gasteiger partial charge in [-0.3, -0.25) is 14.5 Å². The molecule has 4 unspecified atom stereocenters. The van der Waals surface area contributed by atoms with Gasteiger partial charge in [0.05, 0.1) is 11.7 Å². The van der Waals surface area contributed by atoms with Gasteiger partial charge in [0.15, 0.2) is 0 Å². The van der Waals surface area contributed by atoms with Crippen molar-refractivity contribution in [3.05, 3.63) is 48.0 Å². The summed E-state index contributed by atoms with van der Waals surface area (Å²) in [5.41, 5.74) is 0.0452. The second-order valence-corrected chi connectivity index (χ2v) is 13.0. The van der Waals surface area contributed by atoms with E-state index in [1.54, 1.807) is 24.3 Å². The molecule has 7 heteroatoms. The van der Waals surface area contributed by atoms with Gasteiger partial charge in [-0.1, -0.05) is 31.7 Å². The van der Waals surface area contributed by atoms with Crippen LogP contribution >= 0.6 is 0 Å². The average molecular weight is 490 g/mol. The first-order valence-corrected chi connectivity index (χ1v) is 13.2. The third-order valence-corrected chi connectivity index (χ3v) is 11.6. The van der Waals surface area contributed by atoms with Crippen molar-refractivity contribution in [2.75, 3.05) is 6.54 Å². The van der Waals surface area contributed by atoms with Crippen molar-refractivity contribution in [1.82, 2.24) is 4.90 Å². The minimum absolute atomic E-state index is 0.0349. The molecule has 9 fully saturated rings. The monoisotopic (exact) mass is 489 g/mol. The quantitative estimate of drug-likeness (QED) is 0.515. The fourth-order valence-corrected chi connectivity index (χ4v) is 11.6. The number of carbonyl (C=O) groups is 3. The molecule has 9 aliphatic rings. The number of hydrogen-bond acceptors (Lipinski definition) is 7. The summed E-state index contributed by atoms with van der Waals surface area (Å²) in [5, 5.41) is 11.9. The van der Waals surface area contributed by atoms with Gasteiger partial charge in [0.1, 0.15) is 18.0 Å². The van der Waals surface area contributed by atoms with E-state index in [0.29, 0.717) is 35.9 Å². The van der Waals surface area contributed by atoms with Crippen LogP contribution in [0.3, 0.4) is 0 Å². The lowest BCUT2D eigenvalue weighted by atomic mass is 9.39. The summed E-state index contributed by atoms with van der Waals surface area (Å²) in [6.45, 7) is 8.88. The Morgan fingerprint density at radius 3 is 2.58 bits per heavy atom. The van der Waals surface area contributed by atoms with Gasteiger partial charge < -0.3 is 14.6 Å². The van der Waals surface area contributed by atoms with Crippen LogP contribution in [0.4, 0.5) is 0 Å². The Labute approximate surface area is 209 Å². The van der Waals surface area contributed by atoms with E-state index in [9.17, 15) is 19.5 Å². The molecule has 1 aromatic carbocycles. The molecule has 7 nitrogen and oxygen atoms in total. The van der Waals surface area contributed by atoms with Crippen molar-refractivity contribution >= 4 is 17.7 Å². The zero-order valence-corrected chi connectivity index (χ0v) is 20.6. The summed E-state index contributed by atoms with van der Waals surface area (Å²) in [7, 11) is 0. The standard InChI is InChI=1S/C29H31NO6/c1-13-18-20(33)19-24-29-10-16(32)9-27(3)12-30(24)17(22(27)29)11-28(19,25(13)35-14(2)31)23(29)21(18)36-26(34)15-7-5-4-6-8-15/h4-8,17-25,33H,1,9-12H2,2-3H3/t17-,18-,19?,20?,21+,22+,23+,24?,25+,27-,28+,29-/m0/s1. The fourth-order valence-electron chi connectivity index (χ4n) is 11.6. The van der Waals surface area contributed by atoms with Gasteiger partial charge in [-0.2, -0.15) is 0 Å². The molecule has 3 saturated heterocycles. The first-order valence-electron chi connectivity index (χ1n) is 13.2. The highest BCUT2D eigenvalue weighted by Crippen LogP contribution is 2.87. The average Bonchev–Trinajstić information content (AvgIpc) is 3.25. The highest BCUT2D eigenvalue weighted by atomic mass is 16.6. The lowest BCUT2D eigenvalue weighted by Gasteiger charge is -2.67. The smallest absolute Gasteiger partial charge is 0.338 e. The number of carbonyl (C=O) groups excluding carboxylic acids is 3. The summed E-state index contributed by atoms with van der Waals surface area (Å²) in [6, 6.07) is 9.25. The molecule has 6 saturated carbocycles.